The number of hydrogen-bond donors (Lipinski definition) is 1. The second-order valence-corrected chi connectivity index (χ2v) is 2.48. The van der Waals surface area contributed by atoms with Gasteiger partial charge >= 0.3 is 0 Å². The molecule has 0 fully saturated rings. The molecule has 1 rings (SSSR count). The van der Waals surface area contributed by atoms with Crippen LogP contribution >= 0.6 is 0 Å². The molecule has 9 heavy (non-hydrogen) atoms. The van der Waals surface area contributed by atoms with E-state index in [1.165, 1.54) is 17.2 Å². The van der Waals surface area contributed by atoms with Gasteiger partial charge < -0.3 is 0 Å². The summed E-state index contributed by atoms with van der Waals surface area (Å²) in [5.41, 5.74) is 2.57. The Morgan fingerprint density at radius 1 is 1.22 bits per heavy atom. The van der Waals surface area contributed by atoms with E-state index in [-0.39, 0.29) is 0 Å². The molecule has 0 bridgehead atoms. The lowest BCUT2D eigenvalue weighted by Gasteiger charge is -1.85. The minimum atomic E-state index is 1.21. The smallest absolute Gasteiger partial charge is 0.245 e. The lowest BCUT2D eigenvalue weighted by atomic mass is 10.4. The standard InChI is InChI=1S/C7H12N2/c1-5-6(2)9(4)7(3)8-5/h1-4H3/p+1. The highest BCUT2D eigenvalue weighted by atomic mass is 15.1. The minimum absolute atomic E-state index is 1.21. The molecule has 1 N–H and O–H groups in total. The Labute approximate surface area is 55.5 Å². The molecule has 0 saturated carbocycles. The molecule has 0 atom stereocenters. The van der Waals surface area contributed by atoms with Gasteiger partial charge in [0.2, 0.25) is 0 Å². The van der Waals surface area contributed by atoms with Gasteiger partial charge in [-0.25, -0.2) is 9.55 Å². The van der Waals surface area contributed by atoms with Crippen molar-refractivity contribution in [1.82, 2.24) is 4.98 Å². The van der Waals surface area contributed by atoms with Gasteiger partial charge in [0, 0.05) is 20.8 Å². The van der Waals surface area contributed by atoms with Gasteiger partial charge in [0.25, 0.3) is 5.82 Å². The van der Waals surface area contributed by atoms with Crippen LogP contribution in [0.15, 0.2) is 0 Å². The Bertz CT molecular complexity index is 201. The van der Waals surface area contributed by atoms with Crippen LogP contribution in [0.3, 0.4) is 0 Å². The molecule has 0 aromatic carbocycles. The van der Waals surface area contributed by atoms with E-state index in [1.54, 1.807) is 0 Å². The summed E-state index contributed by atoms with van der Waals surface area (Å²) in [6.07, 6.45) is 0. The van der Waals surface area contributed by atoms with Crippen molar-refractivity contribution < 1.29 is 4.57 Å². The third-order valence-corrected chi connectivity index (χ3v) is 1.92. The monoisotopic (exact) mass is 125 g/mol. The molecule has 0 radical (unpaired) electrons. The van der Waals surface area contributed by atoms with Crippen molar-refractivity contribution >= 4 is 0 Å². The number of aryl methyl sites for hydroxylation is 2. The fraction of sp³-hybridized carbons (Fsp3) is 0.571. The Morgan fingerprint density at radius 2 is 1.78 bits per heavy atom. The SMILES string of the molecule is Cc1[nH]c(C)[n+](C)c1C. The van der Waals surface area contributed by atoms with Gasteiger partial charge in [-0.1, -0.05) is 0 Å². The van der Waals surface area contributed by atoms with E-state index in [0.29, 0.717) is 0 Å². The molecular formula is C7H13N2+. The van der Waals surface area contributed by atoms with Crippen LogP contribution in [0.1, 0.15) is 17.2 Å². The third kappa shape index (κ3) is 0.846. The molecule has 0 amide bonds. The summed E-state index contributed by atoms with van der Waals surface area (Å²) >= 11 is 0. The van der Waals surface area contributed by atoms with Crippen LogP contribution in [0, 0.1) is 20.8 Å². The van der Waals surface area contributed by atoms with Crippen molar-refractivity contribution in [3.63, 3.8) is 0 Å². The van der Waals surface area contributed by atoms with Crippen molar-refractivity contribution in [2.45, 2.75) is 20.8 Å². The first-order valence-corrected chi connectivity index (χ1v) is 3.14. The molecular weight excluding hydrogens is 112 g/mol. The summed E-state index contributed by atoms with van der Waals surface area (Å²) < 4.78 is 2.15. The van der Waals surface area contributed by atoms with Crippen LogP contribution in [-0.2, 0) is 7.05 Å². The van der Waals surface area contributed by atoms with Crippen molar-refractivity contribution in [2.75, 3.05) is 0 Å². The molecule has 0 saturated heterocycles. The number of aromatic nitrogens is 2. The first-order valence-electron chi connectivity index (χ1n) is 3.14. The van der Waals surface area contributed by atoms with Crippen molar-refractivity contribution in [3.05, 3.63) is 17.2 Å². The van der Waals surface area contributed by atoms with E-state index in [1.807, 2.05) is 0 Å². The molecule has 2 heteroatoms. The predicted molar refractivity (Wildman–Crippen MR) is 36.2 cm³/mol. The van der Waals surface area contributed by atoms with Gasteiger partial charge in [0.05, 0.1) is 7.05 Å². The topological polar surface area (TPSA) is 19.7 Å². The van der Waals surface area contributed by atoms with E-state index >= 15 is 0 Å². The van der Waals surface area contributed by atoms with E-state index in [4.69, 9.17) is 0 Å². The summed E-state index contributed by atoms with van der Waals surface area (Å²) in [5.74, 6) is 1.21. The first kappa shape index (κ1) is 6.33. The van der Waals surface area contributed by atoms with Gasteiger partial charge in [-0.05, 0) is 0 Å². The van der Waals surface area contributed by atoms with E-state index in [9.17, 15) is 0 Å². The van der Waals surface area contributed by atoms with E-state index < -0.39 is 0 Å². The maximum atomic E-state index is 3.24. The average molecular weight is 125 g/mol. The zero-order valence-corrected chi connectivity index (χ0v) is 6.45. The Balaban J connectivity index is 3.29. The number of rotatable bonds is 0. The lowest BCUT2D eigenvalue weighted by Crippen LogP contribution is -2.32. The molecule has 0 aliphatic carbocycles. The van der Waals surface area contributed by atoms with Crippen LogP contribution in [-0.4, -0.2) is 4.98 Å². The fourth-order valence-corrected chi connectivity index (χ4v) is 0.949. The third-order valence-electron chi connectivity index (χ3n) is 1.92. The predicted octanol–water partition coefficient (Wildman–Crippen LogP) is 0.764. The van der Waals surface area contributed by atoms with Crippen LogP contribution in [0.2, 0.25) is 0 Å². The highest BCUT2D eigenvalue weighted by Gasteiger charge is 2.09. The largest absolute Gasteiger partial charge is 0.251 e. The Morgan fingerprint density at radius 3 is 1.89 bits per heavy atom. The maximum absolute atomic E-state index is 3.24. The Kier molecular flexibility index (Phi) is 1.31. The molecule has 50 valence electrons. The number of imidazole rings is 1. The van der Waals surface area contributed by atoms with Crippen LogP contribution < -0.4 is 4.57 Å². The molecule has 1 aromatic heterocycles. The van der Waals surface area contributed by atoms with Gasteiger partial charge in [-0.15, -0.1) is 0 Å². The molecule has 2 nitrogen and oxygen atoms in total. The van der Waals surface area contributed by atoms with Gasteiger partial charge in [-0.3, -0.25) is 0 Å². The van der Waals surface area contributed by atoms with Crippen LogP contribution in [0.25, 0.3) is 0 Å². The number of H-pyrrole nitrogens is 1. The molecule has 1 heterocycles. The summed E-state index contributed by atoms with van der Waals surface area (Å²) in [6.45, 7) is 6.27. The minimum Gasteiger partial charge on any atom is -0.245 e. The average Bonchev–Trinajstić information content (AvgIpc) is 1.98. The summed E-state index contributed by atoms with van der Waals surface area (Å²) in [4.78, 5) is 3.24. The second-order valence-electron chi connectivity index (χ2n) is 2.48. The number of hydrogen-bond acceptors (Lipinski definition) is 0. The number of nitrogens with zero attached hydrogens (tertiary/aromatic N) is 1. The van der Waals surface area contributed by atoms with Crippen molar-refractivity contribution in [3.8, 4) is 0 Å². The quantitative estimate of drug-likeness (QED) is 0.494. The van der Waals surface area contributed by atoms with Gasteiger partial charge in [0.15, 0.2) is 0 Å². The molecule has 0 spiro atoms. The van der Waals surface area contributed by atoms with Crippen molar-refractivity contribution in [2.24, 2.45) is 7.05 Å². The number of aromatic amines is 1. The fourth-order valence-electron chi connectivity index (χ4n) is 0.949. The molecule has 0 aliphatic heterocycles. The number of nitrogens with one attached hydrogen (secondary N) is 1. The van der Waals surface area contributed by atoms with E-state index in [0.717, 1.165) is 0 Å². The van der Waals surface area contributed by atoms with Crippen molar-refractivity contribution in [1.29, 1.82) is 0 Å². The lowest BCUT2D eigenvalue weighted by molar-refractivity contribution is -0.682. The maximum Gasteiger partial charge on any atom is 0.251 e. The molecule has 0 aliphatic rings. The van der Waals surface area contributed by atoms with Crippen LogP contribution in [0.4, 0.5) is 0 Å². The van der Waals surface area contributed by atoms with Gasteiger partial charge in [0.1, 0.15) is 11.4 Å². The second kappa shape index (κ2) is 1.87. The zero-order chi connectivity index (χ0) is 7.02. The first-order chi connectivity index (χ1) is 4.13. The van der Waals surface area contributed by atoms with Gasteiger partial charge in [-0.2, -0.15) is 0 Å². The normalized spacial score (nSPS) is 10.2. The Hall–Kier alpha value is -0.790. The highest BCUT2D eigenvalue weighted by molar-refractivity contribution is 5.01. The molecule has 0 unspecified atom stereocenters. The van der Waals surface area contributed by atoms with Crippen LogP contribution in [0.5, 0.6) is 0 Å². The zero-order valence-electron chi connectivity index (χ0n) is 6.45. The summed E-state index contributed by atoms with van der Waals surface area (Å²) in [7, 11) is 2.06. The highest BCUT2D eigenvalue weighted by Crippen LogP contribution is 1.97. The van der Waals surface area contributed by atoms with E-state index in [2.05, 4.69) is 37.4 Å². The summed E-state index contributed by atoms with van der Waals surface area (Å²) in [6, 6.07) is 0. The summed E-state index contributed by atoms with van der Waals surface area (Å²) in [5, 5.41) is 0. The molecule has 1 aromatic rings.